The zero-order chi connectivity index (χ0) is 14.1. The first kappa shape index (κ1) is 13.6. The zero-order valence-electron chi connectivity index (χ0n) is 12.2. The van der Waals surface area contributed by atoms with E-state index >= 15 is 0 Å². The monoisotopic (exact) mass is 274 g/mol. The van der Waals surface area contributed by atoms with Crippen LogP contribution in [0.3, 0.4) is 0 Å². The van der Waals surface area contributed by atoms with E-state index in [0.717, 1.165) is 13.1 Å². The molecule has 1 aromatic carbocycles. The number of hydrogen-bond donors (Lipinski definition) is 0. The van der Waals surface area contributed by atoms with E-state index in [4.69, 9.17) is 4.74 Å². The first-order valence-corrected chi connectivity index (χ1v) is 7.34. The molecule has 0 aliphatic carbocycles. The Kier molecular flexibility index (Phi) is 3.76. The van der Waals surface area contributed by atoms with E-state index in [1.807, 2.05) is 23.1 Å². The molecule has 0 radical (unpaired) electrons. The summed E-state index contributed by atoms with van der Waals surface area (Å²) in [6, 6.07) is 10.9. The number of carbonyl (C=O) groups is 1. The molecule has 3 rings (SSSR count). The Bertz CT molecular complexity index is 475. The molecule has 0 spiro atoms. The van der Waals surface area contributed by atoms with Gasteiger partial charge >= 0.3 is 0 Å². The lowest BCUT2D eigenvalue weighted by atomic mass is 10.1. The lowest BCUT2D eigenvalue weighted by molar-refractivity contribution is -0.153. The van der Waals surface area contributed by atoms with Crippen LogP contribution in [0.4, 0.5) is 0 Å². The van der Waals surface area contributed by atoms with Crippen LogP contribution in [0.25, 0.3) is 0 Å². The number of morpholine rings is 1. The third-order valence-electron chi connectivity index (χ3n) is 4.33. The molecule has 1 aromatic rings. The summed E-state index contributed by atoms with van der Waals surface area (Å²) in [5.41, 5.74) is 1.18. The van der Waals surface area contributed by atoms with Gasteiger partial charge in [0, 0.05) is 25.7 Å². The highest BCUT2D eigenvalue weighted by molar-refractivity contribution is 5.78. The molecule has 4 nitrogen and oxygen atoms in total. The molecule has 0 aromatic heterocycles. The first-order chi connectivity index (χ1) is 9.65. The summed E-state index contributed by atoms with van der Waals surface area (Å²) < 4.78 is 5.73. The van der Waals surface area contributed by atoms with Crippen molar-refractivity contribution < 1.29 is 9.53 Å². The number of ether oxygens (including phenoxy) is 1. The SMILES string of the molecule is CC(C)N1CC2OCC(=O)N(Cc3ccccc3)C2C1. The van der Waals surface area contributed by atoms with Crippen LogP contribution in [-0.4, -0.2) is 53.6 Å². The molecule has 2 aliphatic rings. The van der Waals surface area contributed by atoms with Gasteiger partial charge in [0.2, 0.25) is 5.91 Å². The fraction of sp³-hybridized carbons (Fsp3) is 0.562. The van der Waals surface area contributed by atoms with Gasteiger partial charge in [0.15, 0.2) is 0 Å². The van der Waals surface area contributed by atoms with Gasteiger partial charge in [0.25, 0.3) is 0 Å². The average molecular weight is 274 g/mol. The van der Waals surface area contributed by atoms with Crippen LogP contribution < -0.4 is 0 Å². The van der Waals surface area contributed by atoms with E-state index in [1.165, 1.54) is 5.56 Å². The van der Waals surface area contributed by atoms with Crippen molar-refractivity contribution >= 4 is 5.91 Å². The van der Waals surface area contributed by atoms with Gasteiger partial charge in [-0.15, -0.1) is 0 Å². The summed E-state index contributed by atoms with van der Waals surface area (Å²) in [4.78, 5) is 16.6. The Hall–Kier alpha value is -1.39. The molecular weight excluding hydrogens is 252 g/mol. The first-order valence-electron chi connectivity index (χ1n) is 7.34. The van der Waals surface area contributed by atoms with Crippen LogP contribution in [0.1, 0.15) is 19.4 Å². The van der Waals surface area contributed by atoms with Crippen LogP contribution in [-0.2, 0) is 16.1 Å². The van der Waals surface area contributed by atoms with Gasteiger partial charge in [-0.1, -0.05) is 30.3 Å². The number of nitrogens with zero attached hydrogens (tertiary/aromatic N) is 2. The highest BCUT2D eigenvalue weighted by atomic mass is 16.5. The second-order valence-electron chi connectivity index (χ2n) is 5.97. The maximum absolute atomic E-state index is 12.2. The number of hydrogen-bond acceptors (Lipinski definition) is 3. The van der Waals surface area contributed by atoms with E-state index in [1.54, 1.807) is 0 Å². The highest BCUT2D eigenvalue weighted by Gasteiger charge is 2.43. The van der Waals surface area contributed by atoms with E-state index < -0.39 is 0 Å². The summed E-state index contributed by atoms with van der Waals surface area (Å²) in [5, 5.41) is 0. The highest BCUT2D eigenvalue weighted by Crippen LogP contribution is 2.26. The Morgan fingerprint density at radius 3 is 2.70 bits per heavy atom. The van der Waals surface area contributed by atoms with Crippen molar-refractivity contribution in [1.29, 1.82) is 0 Å². The molecule has 2 saturated heterocycles. The van der Waals surface area contributed by atoms with Gasteiger partial charge in [0.1, 0.15) is 6.61 Å². The van der Waals surface area contributed by atoms with E-state index in [0.29, 0.717) is 12.6 Å². The second-order valence-corrected chi connectivity index (χ2v) is 5.97. The molecule has 0 bridgehead atoms. The predicted molar refractivity (Wildman–Crippen MR) is 77.2 cm³/mol. The predicted octanol–water partition coefficient (Wildman–Crippen LogP) is 1.51. The van der Waals surface area contributed by atoms with Crippen molar-refractivity contribution in [1.82, 2.24) is 9.80 Å². The molecule has 4 heteroatoms. The number of amides is 1. The Balaban J connectivity index is 1.76. The van der Waals surface area contributed by atoms with Crippen molar-refractivity contribution in [2.75, 3.05) is 19.7 Å². The van der Waals surface area contributed by atoms with Gasteiger partial charge in [0.05, 0.1) is 12.1 Å². The Labute approximate surface area is 120 Å². The molecule has 2 heterocycles. The number of benzene rings is 1. The largest absolute Gasteiger partial charge is 0.365 e. The Morgan fingerprint density at radius 2 is 2.00 bits per heavy atom. The fourth-order valence-electron chi connectivity index (χ4n) is 3.10. The number of carbonyl (C=O) groups excluding carboxylic acids is 1. The van der Waals surface area contributed by atoms with Gasteiger partial charge in [-0.2, -0.15) is 0 Å². The average Bonchev–Trinajstić information content (AvgIpc) is 2.88. The third kappa shape index (κ3) is 2.58. The van der Waals surface area contributed by atoms with Gasteiger partial charge in [-0.25, -0.2) is 0 Å². The second kappa shape index (κ2) is 5.54. The Morgan fingerprint density at radius 1 is 1.25 bits per heavy atom. The van der Waals surface area contributed by atoms with E-state index in [2.05, 4.69) is 30.9 Å². The smallest absolute Gasteiger partial charge is 0.249 e. The minimum Gasteiger partial charge on any atom is -0.365 e. The van der Waals surface area contributed by atoms with Crippen LogP contribution in [0.15, 0.2) is 30.3 Å². The molecule has 2 aliphatic heterocycles. The lowest BCUT2D eigenvalue weighted by Crippen LogP contribution is -2.53. The summed E-state index contributed by atoms with van der Waals surface area (Å²) in [6.45, 7) is 7.15. The summed E-state index contributed by atoms with van der Waals surface area (Å²) in [5.74, 6) is 0.112. The van der Waals surface area contributed by atoms with Crippen molar-refractivity contribution in [3.05, 3.63) is 35.9 Å². The molecular formula is C16H22N2O2. The number of rotatable bonds is 3. The molecule has 2 fully saturated rings. The topological polar surface area (TPSA) is 32.8 Å². The molecule has 20 heavy (non-hydrogen) atoms. The quantitative estimate of drug-likeness (QED) is 0.837. The van der Waals surface area contributed by atoms with Crippen LogP contribution in [0.2, 0.25) is 0 Å². The van der Waals surface area contributed by atoms with Crippen molar-refractivity contribution in [2.24, 2.45) is 0 Å². The van der Waals surface area contributed by atoms with Crippen LogP contribution >= 0.6 is 0 Å². The van der Waals surface area contributed by atoms with Crippen molar-refractivity contribution in [3.63, 3.8) is 0 Å². The van der Waals surface area contributed by atoms with E-state index in [9.17, 15) is 4.79 Å². The molecule has 108 valence electrons. The van der Waals surface area contributed by atoms with Gasteiger partial charge in [-0.05, 0) is 19.4 Å². The lowest BCUT2D eigenvalue weighted by Gasteiger charge is -2.36. The summed E-state index contributed by atoms with van der Waals surface area (Å²) in [7, 11) is 0. The standard InChI is InChI=1S/C16H22N2O2/c1-12(2)17-9-14-15(10-17)20-11-16(19)18(14)8-13-6-4-3-5-7-13/h3-7,12,14-15H,8-11H2,1-2H3. The minimum atomic E-state index is 0.112. The van der Waals surface area contributed by atoms with Crippen LogP contribution in [0.5, 0.6) is 0 Å². The summed E-state index contributed by atoms with van der Waals surface area (Å²) in [6.07, 6.45) is 0.166. The molecule has 2 unspecified atom stereocenters. The normalized spacial score (nSPS) is 27.1. The number of likely N-dealkylation sites (tertiary alicyclic amines) is 1. The summed E-state index contributed by atoms with van der Waals surface area (Å²) >= 11 is 0. The van der Waals surface area contributed by atoms with Crippen LogP contribution in [0, 0.1) is 0 Å². The van der Waals surface area contributed by atoms with E-state index in [-0.39, 0.29) is 24.7 Å². The molecule has 0 N–H and O–H groups in total. The molecule has 2 atom stereocenters. The maximum Gasteiger partial charge on any atom is 0.249 e. The number of fused-ring (bicyclic) bond motifs is 1. The minimum absolute atomic E-state index is 0.112. The van der Waals surface area contributed by atoms with Crippen molar-refractivity contribution in [3.8, 4) is 0 Å². The third-order valence-corrected chi connectivity index (χ3v) is 4.33. The van der Waals surface area contributed by atoms with Gasteiger partial charge < -0.3 is 9.64 Å². The maximum atomic E-state index is 12.2. The zero-order valence-corrected chi connectivity index (χ0v) is 12.2. The van der Waals surface area contributed by atoms with Crippen molar-refractivity contribution in [2.45, 2.75) is 38.6 Å². The molecule has 1 amide bonds. The van der Waals surface area contributed by atoms with Gasteiger partial charge in [-0.3, -0.25) is 9.69 Å². The molecule has 0 saturated carbocycles. The fourth-order valence-corrected chi connectivity index (χ4v) is 3.10.